The maximum absolute atomic E-state index is 11.6. The number of carboxylic acids is 1. The van der Waals surface area contributed by atoms with Crippen molar-refractivity contribution in [2.75, 3.05) is 0 Å². The Bertz CT molecular complexity index is 841. The smallest absolute Gasteiger partial charge is 0.336 e. The number of aryl methyl sites for hydroxylation is 1. The van der Waals surface area contributed by atoms with E-state index in [-0.39, 0.29) is 5.56 Å². The monoisotopic (exact) mass is 312 g/mol. The Hall–Kier alpha value is -2.59. The van der Waals surface area contributed by atoms with E-state index in [1.807, 2.05) is 36.4 Å². The molecule has 0 spiro atoms. The summed E-state index contributed by atoms with van der Waals surface area (Å²) in [6.45, 7) is 1.80. The number of hydrogen-bond acceptors (Lipinski definition) is 2. The van der Waals surface area contributed by atoms with Gasteiger partial charge in [-0.25, -0.2) is 9.78 Å². The first-order valence-corrected chi connectivity index (χ1v) is 7.09. The number of rotatable bonds is 3. The number of benzene rings is 2. The Kier molecular flexibility index (Phi) is 3.69. The van der Waals surface area contributed by atoms with E-state index >= 15 is 0 Å². The summed E-state index contributed by atoms with van der Waals surface area (Å²) >= 11 is 6.08. The van der Waals surface area contributed by atoms with Gasteiger partial charge in [-0.15, -0.1) is 0 Å². The Morgan fingerprint density at radius 3 is 2.45 bits per heavy atom. The molecule has 3 rings (SSSR count). The van der Waals surface area contributed by atoms with Crippen LogP contribution in [0.2, 0.25) is 5.15 Å². The summed E-state index contributed by atoms with van der Waals surface area (Å²) in [5.74, 6) is -0.294. The second-order valence-corrected chi connectivity index (χ2v) is 5.28. The van der Waals surface area contributed by atoms with Crippen molar-refractivity contribution in [1.82, 2.24) is 9.97 Å². The van der Waals surface area contributed by atoms with E-state index in [9.17, 15) is 9.90 Å². The van der Waals surface area contributed by atoms with Crippen molar-refractivity contribution in [1.29, 1.82) is 0 Å². The van der Waals surface area contributed by atoms with Crippen molar-refractivity contribution in [2.24, 2.45) is 0 Å². The van der Waals surface area contributed by atoms with Gasteiger partial charge in [-0.3, -0.25) is 0 Å². The highest BCUT2D eigenvalue weighted by Gasteiger charge is 2.15. The van der Waals surface area contributed by atoms with Crippen molar-refractivity contribution < 1.29 is 9.90 Å². The molecule has 0 amide bonds. The minimum Gasteiger partial charge on any atom is -0.478 e. The predicted octanol–water partition coefficient (Wildman–Crippen LogP) is 4.40. The normalized spacial score (nSPS) is 10.6. The van der Waals surface area contributed by atoms with Gasteiger partial charge in [0.05, 0.1) is 11.3 Å². The first-order valence-electron chi connectivity index (χ1n) is 6.71. The number of aromatic carboxylic acids is 1. The van der Waals surface area contributed by atoms with Crippen LogP contribution in [0, 0.1) is 6.92 Å². The zero-order valence-electron chi connectivity index (χ0n) is 11.8. The van der Waals surface area contributed by atoms with Gasteiger partial charge in [-0.05, 0) is 24.1 Å². The van der Waals surface area contributed by atoms with Gasteiger partial charge < -0.3 is 10.1 Å². The molecule has 0 aliphatic heterocycles. The van der Waals surface area contributed by atoms with E-state index in [0.29, 0.717) is 27.8 Å². The highest BCUT2D eigenvalue weighted by molar-refractivity contribution is 6.32. The predicted molar refractivity (Wildman–Crippen MR) is 86.2 cm³/mol. The number of H-pyrrole nitrogens is 1. The van der Waals surface area contributed by atoms with Gasteiger partial charge in [0.15, 0.2) is 5.15 Å². The first-order chi connectivity index (χ1) is 10.6. The number of aromatic amines is 1. The average Bonchev–Trinajstić information content (AvgIpc) is 2.86. The molecule has 4 nitrogen and oxygen atoms in total. The SMILES string of the molecule is Cc1nc(Cl)c(-c2ccc(-c3ccccc3)c(C(=O)O)c2)[nH]1. The summed E-state index contributed by atoms with van der Waals surface area (Å²) in [4.78, 5) is 18.8. The topological polar surface area (TPSA) is 66.0 Å². The van der Waals surface area contributed by atoms with Gasteiger partial charge in [0.2, 0.25) is 0 Å². The molecule has 1 heterocycles. The fraction of sp³-hybridized carbons (Fsp3) is 0.0588. The Morgan fingerprint density at radius 1 is 1.14 bits per heavy atom. The van der Waals surface area contributed by atoms with Gasteiger partial charge in [0, 0.05) is 5.56 Å². The molecule has 110 valence electrons. The first kappa shape index (κ1) is 14.4. The van der Waals surface area contributed by atoms with Crippen LogP contribution in [0.1, 0.15) is 16.2 Å². The molecule has 2 aromatic carbocycles. The number of hydrogen-bond donors (Lipinski definition) is 2. The third-order valence-electron chi connectivity index (χ3n) is 3.40. The van der Waals surface area contributed by atoms with Crippen molar-refractivity contribution in [3.63, 3.8) is 0 Å². The molecule has 22 heavy (non-hydrogen) atoms. The van der Waals surface area contributed by atoms with Crippen LogP contribution in [-0.2, 0) is 0 Å². The number of carboxylic acid groups (broad SMARTS) is 1. The largest absolute Gasteiger partial charge is 0.478 e. The summed E-state index contributed by atoms with van der Waals surface area (Å²) in [7, 11) is 0. The van der Waals surface area contributed by atoms with Crippen molar-refractivity contribution in [2.45, 2.75) is 6.92 Å². The van der Waals surface area contributed by atoms with Gasteiger partial charge in [-0.2, -0.15) is 0 Å². The zero-order chi connectivity index (χ0) is 15.7. The number of nitrogens with one attached hydrogen (secondary N) is 1. The lowest BCUT2D eigenvalue weighted by molar-refractivity contribution is 0.0698. The van der Waals surface area contributed by atoms with E-state index in [1.54, 1.807) is 19.1 Å². The minimum atomic E-state index is -0.979. The summed E-state index contributed by atoms with van der Waals surface area (Å²) in [5, 5.41) is 9.85. The lowest BCUT2D eigenvalue weighted by Crippen LogP contribution is -2.00. The fourth-order valence-electron chi connectivity index (χ4n) is 2.40. The summed E-state index contributed by atoms with van der Waals surface area (Å²) in [6, 6.07) is 14.7. The molecular formula is C17H13ClN2O2. The van der Waals surface area contributed by atoms with Gasteiger partial charge >= 0.3 is 5.97 Å². The number of nitrogens with zero attached hydrogens (tertiary/aromatic N) is 1. The molecule has 0 fully saturated rings. The third kappa shape index (κ3) is 2.61. The molecule has 0 aliphatic carbocycles. The summed E-state index contributed by atoms with van der Waals surface area (Å²) < 4.78 is 0. The molecular weight excluding hydrogens is 300 g/mol. The molecule has 5 heteroatoms. The van der Waals surface area contributed by atoms with Gasteiger partial charge in [-0.1, -0.05) is 54.1 Å². The van der Waals surface area contributed by atoms with E-state index in [4.69, 9.17) is 11.6 Å². The van der Waals surface area contributed by atoms with E-state index in [0.717, 1.165) is 5.56 Å². The van der Waals surface area contributed by atoms with Crippen LogP contribution in [0.15, 0.2) is 48.5 Å². The zero-order valence-corrected chi connectivity index (χ0v) is 12.6. The van der Waals surface area contributed by atoms with Crippen LogP contribution < -0.4 is 0 Å². The van der Waals surface area contributed by atoms with Crippen LogP contribution in [0.5, 0.6) is 0 Å². The van der Waals surface area contributed by atoms with Gasteiger partial charge in [0.1, 0.15) is 5.82 Å². The van der Waals surface area contributed by atoms with Crippen LogP contribution >= 0.6 is 11.6 Å². The van der Waals surface area contributed by atoms with Crippen molar-refractivity contribution >= 4 is 17.6 Å². The Labute approximate surface area is 132 Å². The van der Waals surface area contributed by atoms with Gasteiger partial charge in [0.25, 0.3) is 0 Å². The molecule has 0 radical (unpaired) electrons. The molecule has 0 saturated heterocycles. The fourth-order valence-corrected chi connectivity index (χ4v) is 2.68. The van der Waals surface area contributed by atoms with E-state index < -0.39 is 5.97 Å². The molecule has 0 atom stereocenters. The van der Waals surface area contributed by atoms with E-state index in [1.165, 1.54) is 0 Å². The third-order valence-corrected chi connectivity index (χ3v) is 3.68. The lowest BCUT2D eigenvalue weighted by Gasteiger charge is -2.08. The number of imidazole rings is 1. The molecule has 0 aliphatic rings. The second-order valence-electron chi connectivity index (χ2n) is 4.92. The van der Waals surface area contributed by atoms with Crippen LogP contribution in [-0.4, -0.2) is 21.0 Å². The van der Waals surface area contributed by atoms with Crippen LogP contribution in [0.4, 0.5) is 0 Å². The highest BCUT2D eigenvalue weighted by Crippen LogP contribution is 2.31. The average molecular weight is 313 g/mol. The van der Waals surface area contributed by atoms with Crippen molar-refractivity contribution in [3.05, 3.63) is 65.1 Å². The standard InChI is InChI=1S/C17H13ClN2O2/c1-10-19-15(16(18)20-10)12-7-8-13(14(9-12)17(21)22)11-5-3-2-4-6-11/h2-9H,1H3,(H,19,20)(H,21,22). The lowest BCUT2D eigenvalue weighted by atomic mass is 9.97. The summed E-state index contributed by atoms with van der Waals surface area (Å²) in [6.07, 6.45) is 0. The molecule has 0 bridgehead atoms. The Balaban J connectivity index is 2.16. The van der Waals surface area contributed by atoms with Crippen LogP contribution in [0.3, 0.4) is 0 Å². The molecule has 0 unspecified atom stereocenters. The maximum Gasteiger partial charge on any atom is 0.336 e. The Morgan fingerprint density at radius 2 is 1.86 bits per heavy atom. The number of carbonyl (C=O) groups is 1. The molecule has 2 N–H and O–H groups in total. The minimum absolute atomic E-state index is 0.229. The van der Waals surface area contributed by atoms with E-state index in [2.05, 4.69) is 9.97 Å². The highest BCUT2D eigenvalue weighted by atomic mass is 35.5. The summed E-state index contributed by atoms with van der Waals surface area (Å²) in [5.41, 5.74) is 3.08. The molecule has 3 aromatic rings. The number of halogens is 1. The number of aromatic nitrogens is 2. The van der Waals surface area contributed by atoms with Crippen molar-refractivity contribution in [3.8, 4) is 22.4 Å². The molecule has 1 aromatic heterocycles. The quantitative estimate of drug-likeness (QED) is 0.753. The maximum atomic E-state index is 11.6. The second kappa shape index (κ2) is 5.66. The van der Waals surface area contributed by atoms with Crippen LogP contribution in [0.25, 0.3) is 22.4 Å². The molecule has 0 saturated carbocycles.